The van der Waals surface area contributed by atoms with Gasteiger partial charge in [0, 0.05) is 26.2 Å². The molecule has 0 bridgehead atoms. The zero-order valence-corrected chi connectivity index (χ0v) is 15.6. The van der Waals surface area contributed by atoms with Crippen molar-refractivity contribution in [2.24, 2.45) is 0 Å². The van der Waals surface area contributed by atoms with E-state index < -0.39 is 10.0 Å². The Labute approximate surface area is 153 Å². The van der Waals surface area contributed by atoms with Gasteiger partial charge in [0.1, 0.15) is 0 Å². The number of ether oxygens (including phenoxy) is 1. The van der Waals surface area contributed by atoms with Gasteiger partial charge in [0.05, 0.1) is 18.1 Å². The van der Waals surface area contributed by atoms with Crippen molar-refractivity contribution in [3.8, 4) is 0 Å². The van der Waals surface area contributed by atoms with Crippen LogP contribution in [0.5, 0.6) is 0 Å². The lowest BCUT2D eigenvalue weighted by Gasteiger charge is -2.26. The molecule has 1 aromatic heterocycles. The van der Waals surface area contributed by atoms with Crippen LogP contribution in [0.15, 0.2) is 46.0 Å². The summed E-state index contributed by atoms with van der Waals surface area (Å²) >= 11 is 1.68. The molecule has 1 aromatic carbocycles. The minimum atomic E-state index is -3.40. The molecule has 0 aliphatic carbocycles. The van der Waals surface area contributed by atoms with Crippen LogP contribution in [0, 0.1) is 0 Å². The predicted molar refractivity (Wildman–Crippen MR) is 98.1 cm³/mol. The third-order valence-electron chi connectivity index (χ3n) is 3.77. The maximum Gasteiger partial charge on any atom is 0.243 e. The summed E-state index contributed by atoms with van der Waals surface area (Å²) in [5, 5.41) is 7.53. The number of sulfonamides is 1. The van der Waals surface area contributed by atoms with Crippen molar-refractivity contribution in [1.29, 1.82) is 0 Å². The first-order chi connectivity index (χ1) is 11.2. The van der Waals surface area contributed by atoms with Crippen LogP contribution in [0.25, 0.3) is 0 Å². The molecule has 1 saturated heterocycles. The monoisotopic (exact) mass is 388 g/mol. The highest BCUT2D eigenvalue weighted by Crippen LogP contribution is 2.17. The Balaban J connectivity index is 0.00000208. The number of halogens is 1. The third kappa shape index (κ3) is 4.78. The number of hydrogen-bond donors (Lipinski definition) is 1. The second-order valence-corrected chi connectivity index (χ2v) is 8.11. The second-order valence-electron chi connectivity index (χ2n) is 5.40. The SMILES string of the molecule is Cl.O=S(=O)(c1ccc(CNCc2ccsc2)cc1)N1CCOCC1. The Bertz CT molecular complexity index is 712. The summed E-state index contributed by atoms with van der Waals surface area (Å²) in [7, 11) is -3.40. The van der Waals surface area contributed by atoms with Crippen LogP contribution in [0.1, 0.15) is 11.1 Å². The van der Waals surface area contributed by atoms with Gasteiger partial charge in [0.15, 0.2) is 0 Å². The minimum absolute atomic E-state index is 0. The molecular formula is C16H21ClN2O3S2. The van der Waals surface area contributed by atoms with Crippen molar-refractivity contribution in [2.75, 3.05) is 26.3 Å². The number of rotatable bonds is 6. The number of benzene rings is 1. The van der Waals surface area contributed by atoms with Gasteiger partial charge in [-0.2, -0.15) is 15.6 Å². The highest BCUT2D eigenvalue weighted by Gasteiger charge is 2.25. The normalized spacial score (nSPS) is 15.8. The molecule has 132 valence electrons. The molecule has 0 saturated carbocycles. The van der Waals surface area contributed by atoms with Crippen LogP contribution in [-0.2, 0) is 27.8 Å². The topological polar surface area (TPSA) is 58.6 Å². The molecular weight excluding hydrogens is 368 g/mol. The van der Waals surface area contributed by atoms with E-state index in [0.29, 0.717) is 37.7 Å². The molecule has 1 fully saturated rings. The molecule has 0 radical (unpaired) electrons. The van der Waals surface area contributed by atoms with Crippen LogP contribution in [-0.4, -0.2) is 39.0 Å². The lowest BCUT2D eigenvalue weighted by Crippen LogP contribution is -2.40. The van der Waals surface area contributed by atoms with E-state index in [-0.39, 0.29) is 12.4 Å². The molecule has 5 nitrogen and oxygen atoms in total. The average Bonchev–Trinajstić information content (AvgIpc) is 3.10. The van der Waals surface area contributed by atoms with E-state index in [1.807, 2.05) is 12.1 Å². The summed E-state index contributed by atoms with van der Waals surface area (Å²) < 4.78 is 31.7. The summed E-state index contributed by atoms with van der Waals surface area (Å²) in [6, 6.07) is 9.20. The van der Waals surface area contributed by atoms with Crippen LogP contribution in [0.3, 0.4) is 0 Å². The van der Waals surface area contributed by atoms with E-state index in [1.165, 1.54) is 9.87 Å². The quantitative estimate of drug-likeness (QED) is 0.825. The highest BCUT2D eigenvalue weighted by molar-refractivity contribution is 7.89. The largest absolute Gasteiger partial charge is 0.379 e. The highest BCUT2D eigenvalue weighted by atomic mass is 35.5. The van der Waals surface area contributed by atoms with Gasteiger partial charge in [-0.25, -0.2) is 8.42 Å². The van der Waals surface area contributed by atoms with Crippen LogP contribution in [0.2, 0.25) is 0 Å². The first-order valence-corrected chi connectivity index (χ1v) is 9.93. The molecule has 0 atom stereocenters. The fourth-order valence-corrected chi connectivity index (χ4v) is 4.54. The number of morpholine rings is 1. The number of nitrogens with zero attached hydrogens (tertiary/aromatic N) is 1. The van der Waals surface area contributed by atoms with Crippen LogP contribution >= 0.6 is 23.7 Å². The average molecular weight is 389 g/mol. The summed E-state index contributed by atoms with van der Waals surface area (Å²) in [5.41, 5.74) is 2.34. The Morgan fingerprint density at radius 1 is 1.04 bits per heavy atom. The minimum Gasteiger partial charge on any atom is -0.379 e. The Morgan fingerprint density at radius 3 is 2.33 bits per heavy atom. The van der Waals surface area contributed by atoms with Crippen molar-refractivity contribution in [3.63, 3.8) is 0 Å². The van der Waals surface area contributed by atoms with E-state index in [0.717, 1.165) is 12.1 Å². The predicted octanol–water partition coefficient (Wildman–Crippen LogP) is 2.48. The van der Waals surface area contributed by atoms with Crippen molar-refractivity contribution in [2.45, 2.75) is 18.0 Å². The fourth-order valence-electron chi connectivity index (χ4n) is 2.46. The van der Waals surface area contributed by atoms with E-state index >= 15 is 0 Å². The van der Waals surface area contributed by atoms with Gasteiger partial charge in [-0.1, -0.05) is 12.1 Å². The fraction of sp³-hybridized carbons (Fsp3) is 0.375. The molecule has 1 aliphatic heterocycles. The summed E-state index contributed by atoms with van der Waals surface area (Å²) in [4.78, 5) is 0.348. The summed E-state index contributed by atoms with van der Waals surface area (Å²) in [6.07, 6.45) is 0. The van der Waals surface area contributed by atoms with Gasteiger partial charge in [-0.05, 0) is 40.1 Å². The maximum atomic E-state index is 12.5. The Hall–Kier alpha value is -0.960. The molecule has 8 heteroatoms. The van der Waals surface area contributed by atoms with Gasteiger partial charge in [0.2, 0.25) is 10.0 Å². The number of thiophene rings is 1. The van der Waals surface area contributed by atoms with Crippen molar-refractivity contribution < 1.29 is 13.2 Å². The van der Waals surface area contributed by atoms with Crippen LogP contribution < -0.4 is 5.32 Å². The zero-order chi connectivity index (χ0) is 16.1. The lowest BCUT2D eigenvalue weighted by atomic mass is 10.2. The molecule has 24 heavy (non-hydrogen) atoms. The van der Waals surface area contributed by atoms with E-state index in [2.05, 4.69) is 22.1 Å². The Kier molecular flexibility index (Phi) is 7.21. The van der Waals surface area contributed by atoms with Gasteiger partial charge in [-0.3, -0.25) is 0 Å². The summed E-state index contributed by atoms with van der Waals surface area (Å²) in [5.74, 6) is 0. The third-order valence-corrected chi connectivity index (χ3v) is 6.41. The summed E-state index contributed by atoms with van der Waals surface area (Å²) in [6.45, 7) is 3.30. The van der Waals surface area contributed by atoms with Crippen LogP contribution in [0.4, 0.5) is 0 Å². The second kappa shape index (κ2) is 8.94. The first-order valence-electron chi connectivity index (χ1n) is 7.55. The molecule has 2 heterocycles. The van der Waals surface area contributed by atoms with E-state index in [1.54, 1.807) is 23.5 Å². The number of hydrogen-bond acceptors (Lipinski definition) is 5. The Morgan fingerprint density at radius 2 is 1.71 bits per heavy atom. The van der Waals surface area contributed by atoms with Crippen molar-refractivity contribution in [1.82, 2.24) is 9.62 Å². The number of nitrogens with one attached hydrogen (secondary N) is 1. The zero-order valence-electron chi connectivity index (χ0n) is 13.2. The smallest absolute Gasteiger partial charge is 0.243 e. The van der Waals surface area contributed by atoms with Gasteiger partial charge >= 0.3 is 0 Å². The van der Waals surface area contributed by atoms with Gasteiger partial charge < -0.3 is 10.1 Å². The van der Waals surface area contributed by atoms with E-state index in [9.17, 15) is 8.42 Å². The standard InChI is InChI=1S/C16H20N2O3S2.ClH/c19-23(20,18-6-8-21-9-7-18)16-3-1-14(2-4-16)11-17-12-15-5-10-22-13-15;/h1-5,10,13,17H,6-9,11-12H2;1H. The van der Waals surface area contributed by atoms with Crippen molar-refractivity contribution >= 4 is 33.8 Å². The molecule has 0 amide bonds. The molecule has 1 aliphatic rings. The first kappa shape index (κ1) is 19.4. The lowest BCUT2D eigenvalue weighted by molar-refractivity contribution is 0.0730. The van der Waals surface area contributed by atoms with Gasteiger partial charge in [0.25, 0.3) is 0 Å². The maximum absolute atomic E-state index is 12.5. The molecule has 0 spiro atoms. The molecule has 0 unspecified atom stereocenters. The van der Waals surface area contributed by atoms with E-state index in [4.69, 9.17) is 4.74 Å². The molecule has 3 rings (SSSR count). The molecule has 2 aromatic rings. The molecule has 1 N–H and O–H groups in total. The van der Waals surface area contributed by atoms with Gasteiger partial charge in [-0.15, -0.1) is 12.4 Å². The van der Waals surface area contributed by atoms with Crippen molar-refractivity contribution in [3.05, 3.63) is 52.2 Å².